The summed E-state index contributed by atoms with van der Waals surface area (Å²) in [6, 6.07) is 13.8. The lowest BCUT2D eigenvalue weighted by atomic mass is 9.92. The fourth-order valence-corrected chi connectivity index (χ4v) is 5.35. The van der Waals surface area contributed by atoms with E-state index in [4.69, 9.17) is 4.74 Å². The van der Waals surface area contributed by atoms with Crippen LogP contribution in [0.3, 0.4) is 0 Å². The Balaban J connectivity index is 1.51. The zero-order chi connectivity index (χ0) is 18.2. The van der Waals surface area contributed by atoms with Gasteiger partial charge in [-0.1, -0.05) is 30.3 Å². The molecule has 1 N–H and O–H groups in total. The fourth-order valence-electron chi connectivity index (χ4n) is 4.19. The van der Waals surface area contributed by atoms with Gasteiger partial charge in [0.2, 0.25) is 10.0 Å². The van der Waals surface area contributed by atoms with Crippen LogP contribution in [0.25, 0.3) is 0 Å². The summed E-state index contributed by atoms with van der Waals surface area (Å²) >= 11 is 0. The predicted molar refractivity (Wildman–Crippen MR) is 102 cm³/mol. The molecule has 0 amide bonds. The highest BCUT2D eigenvalue weighted by molar-refractivity contribution is 7.89. The van der Waals surface area contributed by atoms with Gasteiger partial charge in [0, 0.05) is 26.5 Å². The van der Waals surface area contributed by atoms with Crippen LogP contribution in [0.2, 0.25) is 0 Å². The van der Waals surface area contributed by atoms with Crippen molar-refractivity contribution in [2.45, 2.75) is 49.0 Å². The van der Waals surface area contributed by atoms with Gasteiger partial charge in [-0.05, 0) is 60.1 Å². The third kappa shape index (κ3) is 3.31. The Hall–Kier alpha value is -1.69. The van der Waals surface area contributed by atoms with E-state index in [1.165, 1.54) is 28.7 Å². The Morgan fingerprint density at radius 3 is 2.27 bits per heavy atom. The van der Waals surface area contributed by atoms with Gasteiger partial charge >= 0.3 is 0 Å². The molecule has 4 rings (SSSR count). The Labute approximate surface area is 155 Å². The number of methoxy groups -OCH3 is 1. The van der Waals surface area contributed by atoms with E-state index < -0.39 is 15.6 Å². The standard InChI is InChI=1S/C21H25NO3S/c1-25-21(13-18-8-4-5-9-19(18)14-21)15-22-26(23,24)20-11-10-16-6-2-3-7-17(16)12-20/h4-5,8-12,22H,2-3,6-7,13-15H2,1H3. The monoisotopic (exact) mass is 371 g/mol. The third-order valence-corrected chi connectivity index (χ3v) is 7.19. The molecule has 26 heavy (non-hydrogen) atoms. The van der Waals surface area contributed by atoms with Gasteiger partial charge in [-0.3, -0.25) is 0 Å². The zero-order valence-electron chi connectivity index (χ0n) is 15.1. The first-order chi connectivity index (χ1) is 12.5. The van der Waals surface area contributed by atoms with E-state index in [1.54, 1.807) is 13.2 Å². The minimum atomic E-state index is -3.55. The summed E-state index contributed by atoms with van der Waals surface area (Å²) in [7, 11) is -1.88. The maximum absolute atomic E-state index is 12.8. The van der Waals surface area contributed by atoms with Crippen molar-refractivity contribution in [2.75, 3.05) is 13.7 Å². The van der Waals surface area contributed by atoms with Gasteiger partial charge in [-0.15, -0.1) is 0 Å². The summed E-state index contributed by atoms with van der Waals surface area (Å²) in [5.41, 5.74) is 4.43. The summed E-state index contributed by atoms with van der Waals surface area (Å²) < 4.78 is 34.3. The van der Waals surface area contributed by atoms with Crippen molar-refractivity contribution in [2.24, 2.45) is 0 Å². The molecule has 0 atom stereocenters. The first kappa shape index (κ1) is 17.7. The van der Waals surface area contributed by atoms with Crippen LogP contribution in [-0.2, 0) is 40.4 Å². The molecule has 5 heteroatoms. The molecule has 2 aromatic rings. The average molecular weight is 372 g/mol. The van der Waals surface area contributed by atoms with Crippen LogP contribution < -0.4 is 4.72 Å². The van der Waals surface area contributed by atoms with Crippen molar-refractivity contribution < 1.29 is 13.2 Å². The van der Waals surface area contributed by atoms with Crippen LogP contribution >= 0.6 is 0 Å². The van der Waals surface area contributed by atoms with Crippen molar-refractivity contribution >= 4 is 10.0 Å². The molecule has 0 radical (unpaired) electrons. The second kappa shape index (κ2) is 6.80. The van der Waals surface area contributed by atoms with E-state index in [0.29, 0.717) is 4.90 Å². The number of benzene rings is 2. The molecule has 0 aliphatic heterocycles. The molecule has 138 valence electrons. The van der Waals surface area contributed by atoms with Crippen molar-refractivity contribution in [3.8, 4) is 0 Å². The molecule has 2 aliphatic carbocycles. The Bertz CT molecular complexity index is 896. The van der Waals surface area contributed by atoms with Gasteiger partial charge in [-0.25, -0.2) is 13.1 Å². The molecular weight excluding hydrogens is 346 g/mol. The SMILES string of the molecule is COC1(CNS(=O)(=O)c2ccc3c(c2)CCCC3)Cc2ccccc2C1. The Morgan fingerprint density at radius 1 is 0.962 bits per heavy atom. The molecule has 0 unspecified atom stereocenters. The fraction of sp³-hybridized carbons (Fsp3) is 0.429. The maximum Gasteiger partial charge on any atom is 0.240 e. The topological polar surface area (TPSA) is 55.4 Å². The molecule has 0 saturated carbocycles. The van der Waals surface area contributed by atoms with Gasteiger partial charge in [0.05, 0.1) is 10.5 Å². The molecule has 0 bridgehead atoms. The molecule has 0 saturated heterocycles. The number of nitrogens with one attached hydrogen (secondary N) is 1. The quantitative estimate of drug-likeness (QED) is 0.879. The van der Waals surface area contributed by atoms with Gasteiger partial charge in [0.15, 0.2) is 0 Å². The minimum Gasteiger partial charge on any atom is -0.376 e. The van der Waals surface area contributed by atoms with Gasteiger partial charge in [0.25, 0.3) is 0 Å². The van der Waals surface area contributed by atoms with E-state index in [0.717, 1.165) is 32.1 Å². The van der Waals surface area contributed by atoms with E-state index in [2.05, 4.69) is 16.9 Å². The second-order valence-electron chi connectivity index (χ2n) is 7.47. The van der Waals surface area contributed by atoms with Crippen LogP contribution in [0.5, 0.6) is 0 Å². The van der Waals surface area contributed by atoms with Crippen molar-refractivity contribution in [3.05, 3.63) is 64.7 Å². The molecule has 2 aromatic carbocycles. The number of ether oxygens (including phenoxy) is 1. The highest BCUT2D eigenvalue weighted by Gasteiger charge is 2.38. The largest absolute Gasteiger partial charge is 0.376 e. The lowest BCUT2D eigenvalue weighted by Crippen LogP contribution is -2.45. The lowest BCUT2D eigenvalue weighted by molar-refractivity contribution is 0.00378. The molecule has 0 fully saturated rings. The highest BCUT2D eigenvalue weighted by Crippen LogP contribution is 2.32. The number of hydrogen-bond donors (Lipinski definition) is 1. The number of aryl methyl sites for hydroxylation is 2. The summed E-state index contributed by atoms with van der Waals surface area (Å²) in [4.78, 5) is 0.361. The molecule has 0 heterocycles. The Morgan fingerprint density at radius 2 is 1.62 bits per heavy atom. The zero-order valence-corrected chi connectivity index (χ0v) is 15.9. The number of fused-ring (bicyclic) bond motifs is 2. The number of hydrogen-bond acceptors (Lipinski definition) is 3. The smallest absolute Gasteiger partial charge is 0.240 e. The van der Waals surface area contributed by atoms with E-state index >= 15 is 0 Å². The Kier molecular flexibility index (Phi) is 4.63. The van der Waals surface area contributed by atoms with Crippen molar-refractivity contribution in [1.29, 1.82) is 0 Å². The van der Waals surface area contributed by atoms with E-state index in [1.807, 2.05) is 24.3 Å². The van der Waals surface area contributed by atoms with Crippen LogP contribution in [0.15, 0.2) is 47.4 Å². The molecule has 2 aliphatic rings. The second-order valence-corrected chi connectivity index (χ2v) is 9.24. The summed E-state index contributed by atoms with van der Waals surface area (Å²) in [6.45, 7) is 0.275. The van der Waals surface area contributed by atoms with E-state index in [9.17, 15) is 8.42 Å². The predicted octanol–water partition coefficient (Wildman–Crippen LogP) is 3.03. The molecular formula is C21H25NO3S. The summed E-state index contributed by atoms with van der Waals surface area (Å²) in [6.07, 6.45) is 5.80. The normalized spacial score (nSPS) is 18.3. The van der Waals surface area contributed by atoms with Gasteiger partial charge in [0.1, 0.15) is 0 Å². The van der Waals surface area contributed by atoms with Crippen molar-refractivity contribution in [3.63, 3.8) is 0 Å². The number of sulfonamides is 1. The minimum absolute atomic E-state index is 0.275. The van der Waals surface area contributed by atoms with Crippen LogP contribution in [0.4, 0.5) is 0 Å². The summed E-state index contributed by atoms with van der Waals surface area (Å²) in [5.74, 6) is 0. The van der Waals surface area contributed by atoms with Crippen LogP contribution in [0, 0.1) is 0 Å². The molecule has 0 aromatic heterocycles. The first-order valence-electron chi connectivity index (χ1n) is 9.25. The maximum atomic E-state index is 12.8. The van der Waals surface area contributed by atoms with Crippen molar-refractivity contribution in [1.82, 2.24) is 4.72 Å². The van der Waals surface area contributed by atoms with Gasteiger partial charge in [-0.2, -0.15) is 0 Å². The van der Waals surface area contributed by atoms with E-state index in [-0.39, 0.29) is 6.54 Å². The average Bonchev–Trinajstić information content (AvgIpc) is 3.05. The van der Waals surface area contributed by atoms with Crippen LogP contribution in [-0.4, -0.2) is 27.7 Å². The summed E-state index contributed by atoms with van der Waals surface area (Å²) in [5, 5.41) is 0. The first-order valence-corrected chi connectivity index (χ1v) is 10.7. The lowest BCUT2D eigenvalue weighted by Gasteiger charge is -2.28. The molecule has 0 spiro atoms. The van der Waals surface area contributed by atoms with Crippen LogP contribution in [0.1, 0.15) is 35.1 Å². The molecule has 4 nitrogen and oxygen atoms in total. The highest BCUT2D eigenvalue weighted by atomic mass is 32.2. The number of rotatable bonds is 5. The third-order valence-electron chi connectivity index (χ3n) is 5.79. The van der Waals surface area contributed by atoms with Gasteiger partial charge < -0.3 is 4.74 Å².